The van der Waals surface area contributed by atoms with E-state index in [-0.39, 0.29) is 0 Å². The number of nitrogens with one attached hydrogen (secondary N) is 1. The molecule has 2 heterocycles. The van der Waals surface area contributed by atoms with Crippen molar-refractivity contribution in [1.29, 1.82) is 0 Å². The number of hydrogen-bond donors (Lipinski definition) is 2. The van der Waals surface area contributed by atoms with Crippen LogP contribution in [0.1, 0.15) is 5.56 Å². The highest BCUT2D eigenvalue weighted by molar-refractivity contribution is 5.59. The van der Waals surface area contributed by atoms with Gasteiger partial charge in [-0.2, -0.15) is 0 Å². The Morgan fingerprint density at radius 2 is 2.23 bits per heavy atom. The van der Waals surface area contributed by atoms with E-state index in [4.69, 9.17) is 5.73 Å². The van der Waals surface area contributed by atoms with Crippen molar-refractivity contribution in [2.45, 2.75) is 6.92 Å². The Morgan fingerprint density at radius 1 is 1.38 bits per heavy atom. The average molecular weight is 174 g/mol. The molecule has 0 atom stereocenters. The molecule has 66 valence electrons. The fourth-order valence-corrected chi connectivity index (χ4v) is 1.12. The standard InChI is InChI=1S/C9H10N4/c1-6-4-8(12-13-9(6)10)7-2-3-11-5-7/h2-5,11H,1H3,(H2,10,13). The monoisotopic (exact) mass is 174 g/mol. The first-order valence-corrected chi connectivity index (χ1v) is 4.00. The molecule has 0 unspecified atom stereocenters. The number of aryl methyl sites for hydroxylation is 1. The van der Waals surface area contributed by atoms with Gasteiger partial charge in [-0.15, -0.1) is 10.2 Å². The molecular formula is C9H10N4. The Morgan fingerprint density at radius 3 is 2.85 bits per heavy atom. The van der Waals surface area contributed by atoms with E-state index in [0.29, 0.717) is 5.82 Å². The van der Waals surface area contributed by atoms with Crippen molar-refractivity contribution < 1.29 is 0 Å². The van der Waals surface area contributed by atoms with Crippen molar-refractivity contribution in [1.82, 2.24) is 15.2 Å². The number of aromatic nitrogens is 3. The molecule has 13 heavy (non-hydrogen) atoms. The first kappa shape index (κ1) is 7.79. The molecule has 0 saturated carbocycles. The minimum atomic E-state index is 0.485. The highest BCUT2D eigenvalue weighted by atomic mass is 15.1. The van der Waals surface area contributed by atoms with E-state index in [1.807, 2.05) is 31.5 Å². The molecule has 0 saturated heterocycles. The first-order chi connectivity index (χ1) is 6.27. The molecule has 0 aliphatic rings. The predicted octanol–water partition coefficient (Wildman–Crippen LogP) is 1.36. The second-order valence-electron chi connectivity index (χ2n) is 2.90. The fraction of sp³-hybridized carbons (Fsp3) is 0.111. The lowest BCUT2D eigenvalue weighted by Gasteiger charge is -1.99. The summed E-state index contributed by atoms with van der Waals surface area (Å²) in [4.78, 5) is 2.96. The minimum absolute atomic E-state index is 0.485. The van der Waals surface area contributed by atoms with Crippen LogP contribution in [0.15, 0.2) is 24.5 Å². The third-order valence-corrected chi connectivity index (χ3v) is 1.92. The molecule has 3 N–H and O–H groups in total. The summed E-state index contributed by atoms with van der Waals surface area (Å²) in [5.41, 5.74) is 8.38. The summed E-state index contributed by atoms with van der Waals surface area (Å²) >= 11 is 0. The maximum Gasteiger partial charge on any atom is 0.149 e. The second-order valence-corrected chi connectivity index (χ2v) is 2.90. The summed E-state index contributed by atoms with van der Waals surface area (Å²) in [7, 11) is 0. The van der Waals surface area contributed by atoms with Crippen LogP contribution in [0.5, 0.6) is 0 Å². The molecule has 2 rings (SSSR count). The van der Waals surface area contributed by atoms with Gasteiger partial charge in [-0.25, -0.2) is 0 Å². The van der Waals surface area contributed by atoms with Gasteiger partial charge in [0.2, 0.25) is 0 Å². The maximum absolute atomic E-state index is 5.56. The van der Waals surface area contributed by atoms with Gasteiger partial charge >= 0.3 is 0 Å². The molecule has 2 aromatic rings. The summed E-state index contributed by atoms with van der Waals surface area (Å²) in [5, 5.41) is 7.84. The molecular weight excluding hydrogens is 164 g/mol. The lowest BCUT2D eigenvalue weighted by Crippen LogP contribution is -1.97. The van der Waals surface area contributed by atoms with Gasteiger partial charge in [-0.3, -0.25) is 0 Å². The molecule has 0 fully saturated rings. The third-order valence-electron chi connectivity index (χ3n) is 1.92. The van der Waals surface area contributed by atoms with Gasteiger partial charge in [0.1, 0.15) is 5.82 Å². The summed E-state index contributed by atoms with van der Waals surface area (Å²) in [6, 6.07) is 3.87. The zero-order valence-corrected chi connectivity index (χ0v) is 7.28. The predicted molar refractivity (Wildman–Crippen MR) is 51.0 cm³/mol. The highest BCUT2D eigenvalue weighted by Gasteiger charge is 2.02. The van der Waals surface area contributed by atoms with Crippen LogP contribution in [0.3, 0.4) is 0 Å². The molecule has 0 aliphatic heterocycles. The molecule has 0 aliphatic carbocycles. The van der Waals surface area contributed by atoms with Gasteiger partial charge in [0, 0.05) is 18.0 Å². The summed E-state index contributed by atoms with van der Waals surface area (Å²) < 4.78 is 0. The van der Waals surface area contributed by atoms with E-state index in [1.54, 1.807) is 0 Å². The zero-order chi connectivity index (χ0) is 9.26. The number of nitrogens with two attached hydrogens (primary N) is 1. The highest BCUT2D eigenvalue weighted by Crippen LogP contribution is 2.17. The molecule has 0 bridgehead atoms. The van der Waals surface area contributed by atoms with Crippen molar-refractivity contribution in [3.05, 3.63) is 30.1 Å². The normalized spacial score (nSPS) is 10.2. The first-order valence-electron chi connectivity index (χ1n) is 4.00. The Kier molecular flexibility index (Phi) is 1.73. The van der Waals surface area contributed by atoms with Crippen LogP contribution in [0, 0.1) is 6.92 Å². The van der Waals surface area contributed by atoms with Crippen LogP contribution in [-0.4, -0.2) is 15.2 Å². The van der Waals surface area contributed by atoms with Crippen LogP contribution in [-0.2, 0) is 0 Å². The van der Waals surface area contributed by atoms with Gasteiger partial charge in [0.25, 0.3) is 0 Å². The van der Waals surface area contributed by atoms with E-state index in [1.165, 1.54) is 0 Å². The average Bonchev–Trinajstić information content (AvgIpc) is 2.62. The molecule has 0 radical (unpaired) electrons. The molecule has 2 aromatic heterocycles. The largest absolute Gasteiger partial charge is 0.382 e. The smallest absolute Gasteiger partial charge is 0.149 e. The van der Waals surface area contributed by atoms with Crippen molar-refractivity contribution in [2.75, 3.05) is 5.73 Å². The number of nitrogen functional groups attached to an aromatic ring is 1. The number of hydrogen-bond acceptors (Lipinski definition) is 3. The van der Waals surface area contributed by atoms with Crippen LogP contribution in [0.25, 0.3) is 11.3 Å². The lowest BCUT2D eigenvalue weighted by atomic mass is 10.2. The van der Waals surface area contributed by atoms with Crippen molar-refractivity contribution in [2.24, 2.45) is 0 Å². The Labute approximate surface area is 75.8 Å². The van der Waals surface area contributed by atoms with Gasteiger partial charge in [0.15, 0.2) is 0 Å². The summed E-state index contributed by atoms with van der Waals surface area (Å²) in [5.74, 6) is 0.485. The minimum Gasteiger partial charge on any atom is -0.382 e. The van der Waals surface area contributed by atoms with Crippen LogP contribution in [0.2, 0.25) is 0 Å². The maximum atomic E-state index is 5.56. The van der Waals surface area contributed by atoms with E-state index in [9.17, 15) is 0 Å². The molecule has 4 heteroatoms. The molecule has 0 aromatic carbocycles. The van der Waals surface area contributed by atoms with Crippen LogP contribution in [0.4, 0.5) is 5.82 Å². The van der Waals surface area contributed by atoms with Gasteiger partial charge in [-0.05, 0) is 24.6 Å². The van der Waals surface area contributed by atoms with E-state index in [0.717, 1.165) is 16.8 Å². The van der Waals surface area contributed by atoms with Crippen molar-refractivity contribution in [3.63, 3.8) is 0 Å². The van der Waals surface area contributed by atoms with Gasteiger partial charge in [-0.1, -0.05) is 0 Å². The molecule has 0 spiro atoms. The van der Waals surface area contributed by atoms with E-state index in [2.05, 4.69) is 15.2 Å². The molecule has 4 nitrogen and oxygen atoms in total. The topological polar surface area (TPSA) is 67.6 Å². The number of anilines is 1. The van der Waals surface area contributed by atoms with Crippen LogP contribution < -0.4 is 5.73 Å². The number of aromatic amines is 1. The molecule has 0 amide bonds. The third kappa shape index (κ3) is 1.38. The number of nitrogens with zero attached hydrogens (tertiary/aromatic N) is 2. The van der Waals surface area contributed by atoms with Crippen LogP contribution >= 0.6 is 0 Å². The Hall–Kier alpha value is -1.84. The van der Waals surface area contributed by atoms with E-state index >= 15 is 0 Å². The fourth-order valence-electron chi connectivity index (χ4n) is 1.12. The number of H-pyrrole nitrogens is 1. The second kappa shape index (κ2) is 2.90. The lowest BCUT2D eigenvalue weighted by molar-refractivity contribution is 1.03. The Bertz CT molecular complexity index is 406. The van der Waals surface area contributed by atoms with Gasteiger partial charge < -0.3 is 10.7 Å². The summed E-state index contributed by atoms with van der Waals surface area (Å²) in [6.07, 6.45) is 3.72. The van der Waals surface area contributed by atoms with Crippen molar-refractivity contribution in [3.8, 4) is 11.3 Å². The Balaban J connectivity index is 2.49. The van der Waals surface area contributed by atoms with Crippen molar-refractivity contribution >= 4 is 5.82 Å². The quantitative estimate of drug-likeness (QED) is 0.686. The van der Waals surface area contributed by atoms with E-state index < -0.39 is 0 Å². The summed E-state index contributed by atoms with van der Waals surface area (Å²) in [6.45, 7) is 1.92. The SMILES string of the molecule is Cc1cc(-c2cc[nH]c2)nnc1N. The number of rotatable bonds is 1. The zero-order valence-electron chi connectivity index (χ0n) is 7.28. The van der Waals surface area contributed by atoms with Gasteiger partial charge in [0.05, 0.1) is 5.69 Å².